The number of aryl methyl sites for hydroxylation is 1. The Morgan fingerprint density at radius 3 is 2.73 bits per heavy atom. The minimum absolute atomic E-state index is 0.117. The molecule has 2 rings (SSSR count). The van der Waals surface area contributed by atoms with Gasteiger partial charge in [0.2, 0.25) is 0 Å². The Morgan fingerprint density at radius 1 is 1.40 bits per heavy atom. The number of ketones is 1. The number of pyridine rings is 1. The molecule has 0 saturated carbocycles. The summed E-state index contributed by atoms with van der Waals surface area (Å²) in [6.45, 7) is 1.90. The Balaban J connectivity index is 2.11. The lowest BCUT2D eigenvalue weighted by molar-refractivity contribution is 0.0996. The number of nitrogens with zero attached hydrogens (tertiary/aromatic N) is 2. The van der Waals surface area contributed by atoms with Crippen LogP contribution in [0.25, 0.3) is 0 Å². The van der Waals surface area contributed by atoms with Gasteiger partial charge in [0, 0.05) is 25.0 Å². The van der Waals surface area contributed by atoms with Crippen molar-refractivity contribution < 1.29 is 4.79 Å². The molecule has 0 unspecified atom stereocenters. The fourth-order valence-electron chi connectivity index (χ4n) is 1.26. The Labute approximate surface area is 91.8 Å². The van der Waals surface area contributed by atoms with E-state index in [0.717, 1.165) is 15.4 Å². The summed E-state index contributed by atoms with van der Waals surface area (Å²) in [6, 6.07) is 3.71. The Morgan fingerprint density at radius 2 is 2.13 bits per heavy atom. The van der Waals surface area contributed by atoms with Crippen LogP contribution in [0.5, 0.6) is 0 Å². The first-order valence-electron chi connectivity index (χ1n) is 4.60. The van der Waals surface area contributed by atoms with Crippen molar-refractivity contribution in [3.8, 4) is 0 Å². The van der Waals surface area contributed by atoms with Gasteiger partial charge >= 0.3 is 0 Å². The molecule has 0 aliphatic rings. The van der Waals surface area contributed by atoms with Crippen LogP contribution >= 0.6 is 11.3 Å². The Kier molecular flexibility index (Phi) is 2.87. The smallest absolute Gasteiger partial charge is 0.178 e. The third-order valence-corrected chi connectivity index (χ3v) is 2.96. The van der Waals surface area contributed by atoms with Crippen LogP contribution in [0.15, 0.2) is 30.7 Å². The standard InChI is InChI=1S/C11H10N2OS/c1-8-13-7-11(15-8)10(14)6-9-2-4-12-5-3-9/h2-5,7H,6H2,1H3. The van der Waals surface area contributed by atoms with Crippen molar-refractivity contribution in [2.45, 2.75) is 13.3 Å². The molecule has 0 aromatic carbocycles. The maximum Gasteiger partial charge on any atom is 0.178 e. The number of carbonyl (C=O) groups is 1. The summed E-state index contributed by atoms with van der Waals surface area (Å²) in [7, 11) is 0. The summed E-state index contributed by atoms with van der Waals surface area (Å²) in [5.41, 5.74) is 0.987. The Hall–Kier alpha value is -1.55. The highest BCUT2D eigenvalue weighted by Gasteiger charge is 2.09. The van der Waals surface area contributed by atoms with E-state index < -0.39 is 0 Å². The van der Waals surface area contributed by atoms with E-state index in [0.29, 0.717) is 6.42 Å². The van der Waals surface area contributed by atoms with Crippen LogP contribution < -0.4 is 0 Å². The fourth-order valence-corrected chi connectivity index (χ4v) is 1.98. The first kappa shape index (κ1) is 9.98. The molecule has 76 valence electrons. The molecule has 0 N–H and O–H groups in total. The lowest BCUT2D eigenvalue weighted by Crippen LogP contribution is -2.00. The van der Waals surface area contributed by atoms with Gasteiger partial charge < -0.3 is 0 Å². The average molecular weight is 218 g/mol. The van der Waals surface area contributed by atoms with Crippen LogP contribution in [0.4, 0.5) is 0 Å². The van der Waals surface area contributed by atoms with E-state index in [9.17, 15) is 4.79 Å². The highest BCUT2D eigenvalue weighted by Crippen LogP contribution is 2.14. The molecule has 3 nitrogen and oxygen atoms in total. The van der Waals surface area contributed by atoms with E-state index in [-0.39, 0.29) is 5.78 Å². The second-order valence-electron chi connectivity index (χ2n) is 3.20. The van der Waals surface area contributed by atoms with Crippen molar-refractivity contribution >= 4 is 17.1 Å². The van der Waals surface area contributed by atoms with E-state index in [1.807, 2.05) is 19.1 Å². The van der Waals surface area contributed by atoms with E-state index in [4.69, 9.17) is 0 Å². The molecule has 0 aliphatic carbocycles. The lowest BCUT2D eigenvalue weighted by atomic mass is 10.1. The van der Waals surface area contributed by atoms with Gasteiger partial charge in [-0.15, -0.1) is 11.3 Å². The highest BCUT2D eigenvalue weighted by atomic mass is 32.1. The minimum Gasteiger partial charge on any atom is -0.293 e. The number of thiazole rings is 1. The molecule has 2 aromatic heterocycles. The zero-order valence-electron chi connectivity index (χ0n) is 8.30. The molecule has 0 spiro atoms. The van der Waals surface area contributed by atoms with E-state index in [1.54, 1.807) is 18.6 Å². The van der Waals surface area contributed by atoms with E-state index >= 15 is 0 Å². The van der Waals surface area contributed by atoms with Crippen molar-refractivity contribution in [3.63, 3.8) is 0 Å². The molecule has 15 heavy (non-hydrogen) atoms. The second-order valence-corrected chi connectivity index (χ2v) is 4.43. The highest BCUT2D eigenvalue weighted by molar-refractivity contribution is 7.13. The number of Topliss-reactive ketones (excluding diaryl/α,β-unsaturated/α-hetero) is 1. The molecule has 0 amide bonds. The predicted molar refractivity (Wildman–Crippen MR) is 59.1 cm³/mol. The molecule has 0 atom stereocenters. The van der Waals surface area contributed by atoms with Crippen LogP contribution in [0.2, 0.25) is 0 Å². The fraction of sp³-hybridized carbons (Fsp3) is 0.182. The summed E-state index contributed by atoms with van der Waals surface area (Å²) < 4.78 is 0. The van der Waals surface area contributed by atoms with Crippen molar-refractivity contribution in [1.29, 1.82) is 0 Å². The molecule has 4 heteroatoms. The number of carbonyl (C=O) groups excluding carboxylic acids is 1. The molecule has 0 radical (unpaired) electrons. The van der Waals surface area contributed by atoms with Crippen molar-refractivity contribution in [1.82, 2.24) is 9.97 Å². The summed E-state index contributed by atoms with van der Waals surface area (Å²) in [5.74, 6) is 0.117. The third-order valence-electron chi connectivity index (χ3n) is 2.01. The van der Waals surface area contributed by atoms with Gasteiger partial charge in [0.15, 0.2) is 5.78 Å². The number of aromatic nitrogens is 2. The quantitative estimate of drug-likeness (QED) is 0.742. The van der Waals surface area contributed by atoms with Gasteiger partial charge in [-0.25, -0.2) is 4.98 Å². The monoisotopic (exact) mass is 218 g/mol. The van der Waals surface area contributed by atoms with Crippen molar-refractivity contribution in [2.24, 2.45) is 0 Å². The predicted octanol–water partition coefficient (Wildman–Crippen LogP) is 2.27. The first-order chi connectivity index (χ1) is 7.25. The summed E-state index contributed by atoms with van der Waals surface area (Å²) >= 11 is 1.44. The second kappa shape index (κ2) is 4.31. The molecular formula is C11H10N2OS. The number of hydrogen-bond donors (Lipinski definition) is 0. The first-order valence-corrected chi connectivity index (χ1v) is 5.42. The molecule has 0 saturated heterocycles. The van der Waals surface area contributed by atoms with Gasteiger partial charge in [-0.3, -0.25) is 9.78 Å². The van der Waals surface area contributed by atoms with Crippen LogP contribution in [-0.4, -0.2) is 15.8 Å². The molecule has 2 aromatic rings. The normalized spacial score (nSPS) is 10.2. The largest absolute Gasteiger partial charge is 0.293 e. The van der Waals surface area contributed by atoms with Gasteiger partial charge in [-0.2, -0.15) is 0 Å². The maximum absolute atomic E-state index is 11.8. The van der Waals surface area contributed by atoms with Gasteiger partial charge in [-0.1, -0.05) is 0 Å². The van der Waals surface area contributed by atoms with Crippen molar-refractivity contribution in [3.05, 3.63) is 46.2 Å². The van der Waals surface area contributed by atoms with Gasteiger partial charge in [-0.05, 0) is 24.6 Å². The molecular weight excluding hydrogens is 208 g/mol. The van der Waals surface area contributed by atoms with Gasteiger partial charge in [0.1, 0.15) is 0 Å². The maximum atomic E-state index is 11.8. The van der Waals surface area contributed by atoms with Gasteiger partial charge in [0.05, 0.1) is 9.88 Å². The zero-order valence-corrected chi connectivity index (χ0v) is 9.12. The topological polar surface area (TPSA) is 42.9 Å². The third kappa shape index (κ3) is 2.47. The van der Waals surface area contributed by atoms with Crippen LogP contribution in [0, 0.1) is 6.92 Å². The number of hydrogen-bond acceptors (Lipinski definition) is 4. The molecule has 0 bridgehead atoms. The molecule has 0 aliphatic heterocycles. The van der Waals surface area contributed by atoms with Crippen molar-refractivity contribution in [2.75, 3.05) is 0 Å². The number of rotatable bonds is 3. The lowest BCUT2D eigenvalue weighted by Gasteiger charge is -1.96. The summed E-state index contributed by atoms with van der Waals surface area (Å²) in [5, 5.41) is 0.924. The summed E-state index contributed by atoms with van der Waals surface area (Å²) in [6.07, 6.45) is 5.45. The minimum atomic E-state index is 0.117. The van der Waals surface area contributed by atoms with Crippen LogP contribution in [-0.2, 0) is 6.42 Å². The summed E-state index contributed by atoms with van der Waals surface area (Å²) in [4.78, 5) is 20.5. The van der Waals surface area contributed by atoms with Gasteiger partial charge in [0.25, 0.3) is 0 Å². The molecule has 0 fully saturated rings. The van der Waals surface area contributed by atoms with E-state index in [2.05, 4.69) is 9.97 Å². The zero-order chi connectivity index (χ0) is 10.7. The average Bonchev–Trinajstić information content (AvgIpc) is 2.66. The SMILES string of the molecule is Cc1ncc(C(=O)Cc2ccncc2)s1. The van der Waals surface area contributed by atoms with E-state index in [1.165, 1.54) is 11.3 Å². The van der Waals surface area contributed by atoms with Crippen LogP contribution in [0.1, 0.15) is 20.2 Å². The Bertz CT molecular complexity index is 464. The molecule has 2 heterocycles. The van der Waals surface area contributed by atoms with Crippen LogP contribution in [0.3, 0.4) is 0 Å².